The smallest absolute Gasteiger partial charge is 0.120 e. The number of aryl methyl sites for hydroxylation is 1. The van der Waals surface area contributed by atoms with Crippen molar-refractivity contribution in [3.8, 4) is 5.75 Å². The highest BCUT2D eigenvalue weighted by Gasteiger charge is 2.25. The van der Waals surface area contributed by atoms with Crippen molar-refractivity contribution in [2.75, 3.05) is 0 Å². The summed E-state index contributed by atoms with van der Waals surface area (Å²) >= 11 is 0. The van der Waals surface area contributed by atoms with Crippen molar-refractivity contribution in [1.82, 2.24) is 0 Å². The normalized spacial score (nSPS) is 28.1. The van der Waals surface area contributed by atoms with E-state index >= 15 is 0 Å². The lowest BCUT2D eigenvalue weighted by atomic mass is 9.82. The fraction of sp³-hybridized carbons (Fsp3) is 0.625. The Morgan fingerprint density at radius 2 is 1.83 bits per heavy atom. The van der Waals surface area contributed by atoms with Crippen molar-refractivity contribution in [3.63, 3.8) is 0 Å². The van der Waals surface area contributed by atoms with E-state index in [9.17, 15) is 0 Å². The Balaban J connectivity index is 2.02. The minimum Gasteiger partial charge on any atom is -0.490 e. The van der Waals surface area contributed by atoms with Gasteiger partial charge in [-0.1, -0.05) is 19.9 Å². The number of ether oxygens (including phenoxy) is 1. The van der Waals surface area contributed by atoms with E-state index in [2.05, 4.69) is 39.0 Å². The number of nitrogens with two attached hydrogens (primary N) is 1. The summed E-state index contributed by atoms with van der Waals surface area (Å²) in [6.07, 6.45) is 4.08. The average Bonchev–Trinajstić information content (AvgIpc) is 2.27. The molecule has 2 rings (SSSR count). The van der Waals surface area contributed by atoms with Gasteiger partial charge >= 0.3 is 0 Å². The van der Waals surface area contributed by atoms with Gasteiger partial charge in [-0.3, -0.25) is 0 Å². The second-order valence-corrected chi connectivity index (χ2v) is 5.95. The van der Waals surface area contributed by atoms with Crippen molar-refractivity contribution in [1.29, 1.82) is 0 Å². The Morgan fingerprint density at radius 1 is 1.17 bits per heavy atom. The van der Waals surface area contributed by atoms with E-state index in [-0.39, 0.29) is 0 Å². The fourth-order valence-electron chi connectivity index (χ4n) is 3.13. The Kier molecular flexibility index (Phi) is 4.28. The molecule has 2 unspecified atom stereocenters. The first kappa shape index (κ1) is 13.4. The minimum absolute atomic E-state index is 0.381. The number of hydrogen-bond donors (Lipinski definition) is 1. The van der Waals surface area contributed by atoms with Gasteiger partial charge in [-0.25, -0.2) is 0 Å². The molecule has 2 N–H and O–H groups in total. The maximum absolute atomic E-state index is 6.14. The molecule has 0 heterocycles. The van der Waals surface area contributed by atoms with Crippen molar-refractivity contribution < 1.29 is 4.74 Å². The molecule has 1 fully saturated rings. The molecule has 0 amide bonds. The minimum atomic E-state index is 0.381. The van der Waals surface area contributed by atoms with Crippen molar-refractivity contribution in [3.05, 3.63) is 29.3 Å². The molecule has 1 saturated carbocycles. The fourth-order valence-corrected chi connectivity index (χ4v) is 3.13. The molecule has 0 aromatic heterocycles. The maximum Gasteiger partial charge on any atom is 0.120 e. The summed E-state index contributed by atoms with van der Waals surface area (Å²) in [6.45, 7) is 7.36. The molecule has 1 aliphatic carbocycles. The van der Waals surface area contributed by atoms with Crippen LogP contribution in [0.3, 0.4) is 0 Å². The average molecular weight is 247 g/mol. The molecular weight excluding hydrogens is 222 g/mol. The first-order chi connectivity index (χ1) is 8.58. The van der Waals surface area contributed by atoms with E-state index in [1.807, 2.05) is 0 Å². The van der Waals surface area contributed by atoms with Gasteiger partial charge in [0.15, 0.2) is 0 Å². The maximum atomic E-state index is 6.14. The van der Waals surface area contributed by atoms with Crippen LogP contribution in [0.2, 0.25) is 0 Å². The Bertz CT molecular complexity index is 392. The lowest BCUT2D eigenvalue weighted by Gasteiger charge is -2.31. The molecule has 0 aliphatic heterocycles. The second-order valence-electron chi connectivity index (χ2n) is 5.95. The van der Waals surface area contributed by atoms with Gasteiger partial charge in [0.25, 0.3) is 0 Å². The van der Waals surface area contributed by atoms with E-state index in [1.165, 1.54) is 30.4 Å². The van der Waals surface area contributed by atoms with Gasteiger partial charge in [-0.15, -0.1) is 0 Å². The van der Waals surface area contributed by atoms with Crippen LogP contribution in [0.25, 0.3) is 0 Å². The zero-order valence-electron chi connectivity index (χ0n) is 11.8. The third kappa shape index (κ3) is 3.26. The van der Waals surface area contributed by atoms with Gasteiger partial charge < -0.3 is 10.5 Å². The van der Waals surface area contributed by atoms with E-state index in [0.29, 0.717) is 12.6 Å². The molecule has 100 valence electrons. The summed E-state index contributed by atoms with van der Waals surface area (Å²) in [5.74, 6) is 2.56. The summed E-state index contributed by atoms with van der Waals surface area (Å²) in [5, 5.41) is 0. The highest BCUT2D eigenvalue weighted by atomic mass is 16.5. The van der Waals surface area contributed by atoms with Gasteiger partial charge in [0.1, 0.15) is 5.75 Å². The van der Waals surface area contributed by atoms with Gasteiger partial charge in [-0.2, -0.15) is 0 Å². The van der Waals surface area contributed by atoms with Crippen molar-refractivity contribution in [2.24, 2.45) is 17.6 Å². The van der Waals surface area contributed by atoms with Crippen LogP contribution >= 0.6 is 0 Å². The summed E-state index contributed by atoms with van der Waals surface area (Å²) < 4.78 is 6.14. The molecule has 1 aromatic rings. The van der Waals surface area contributed by atoms with Crippen LogP contribution in [0.15, 0.2) is 18.2 Å². The van der Waals surface area contributed by atoms with E-state index < -0.39 is 0 Å². The molecule has 0 bridgehead atoms. The van der Waals surface area contributed by atoms with Gasteiger partial charge in [0.2, 0.25) is 0 Å². The molecule has 2 nitrogen and oxygen atoms in total. The van der Waals surface area contributed by atoms with E-state index in [1.54, 1.807) is 0 Å². The lowest BCUT2D eigenvalue weighted by Crippen LogP contribution is -2.28. The van der Waals surface area contributed by atoms with Gasteiger partial charge in [0, 0.05) is 6.54 Å². The zero-order chi connectivity index (χ0) is 13.1. The standard InChI is InChI=1S/C16H25NO/c1-11-6-12(2)8-16(7-11)18-15-5-4-14(10-17)13(3)9-15/h4-5,9,11-12,16H,6-8,10,17H2,1-3H3. The van der Waals surface area contributed by atoms with Crippen LogP contribution in [-0.4, -0.2) is 6.10 Å². The molecular formula is C16H25NO. The quantitative estimate of drug-likeness (QED) is 0.884. The summed E-state index contributed by atoms with van der Waals surface area (Å²) in [5.41, 5.74) is 8.11. The monoisotopic (exact) mass is 247 g/mol. The van der Waals surface area contributed by atoms with Crippen molar-refractivity contribution in [2.45, 2.75) is 52.7 Å². The molecule has 18 heavy (non-hydrogen) atoms. The van der Waals surface area contributed by atoms with E-state index in [0.717, 1.165) is 17.6 Å². The summed E-state index contributed by atoms with van der Waals surface area (Å²) in [7, 11) is 0. The zero-order valence-corrected chi connectivity index (χ0v) is 11.8. The predicted octanol–water partition coefficient (Wildman–Crippen LogP) is 3.66. The van der Waals surface area contributed by atoms with Crippen LogP contribution in [0.5, 0.6) is 5.75 Å². The first-order valence-corrected chi connectivity index (χ1v) is 7.04. The Morgan fingerprint density at radius 3 is 2.39 bits per heavy atom. The number of hydrogen-bond acceptors (Lipinski definition) is 2. The Labute approximate surface area is 111 Å². The molecule has 0 saturated heterocycles. The van der Waals surface area contributed by atoms with Gasteiger partial charge in [0.05, 0.1) is 6.10 Å². The van der Waals surface area contributed by atoms with Crippen LogP contribution in [0.1, 0.15) is 44.2 Å². The van der Waals surface area contributed by atoms with Crippen LogP contribution in [-0.2, 0) is 6.54 Å². The van der Waals surface area contributed by atoms with Crippen LogP contribution in [0.4, 0.5) is 0 Å². The predicted molar refractivity (Wildman–Crippen MR) is 75.7 cm³/mol. The number of benzene rings is 1. The number of rotatable bonds is 3. The highest BCUT2D eigenvalue weighted by molar-refractivity contribution is 5.34. The molecule has 2 heteroatoms. The molecule has 2 atom stereocenters. The summed E-state index contributed by atoms with van der Waals surface area (Å²) in [6, 6.07) is 6.26. The van der Waals surface area contributed by atoms with Crippen LogP contribution < -0.4 is 10.5 Å². The molecule has 1 aliphatic rings. The Hall–Kier alpha value is -1.02. The first-order valence-electron chi connectivity index (χ1n) is 7.04. The van der Waals surface area contributed by atoms with Crippen molar-refractivity contribution >= 4 is 0 Å². The third-order valence-corrected chi connectivity index (χ3v) is 3.97. The topological polar surface area (TPSA) is 35.2 Å². The molecule has 0 radical (unpaired) electrons. The third-order valence-electron chi connectivity index (χ3n) is 3.97. The lowest BCUT2D eigenvalue weighted by molar-refractivity contribution is 0.101. The van der Waals surface area contributed by atoms with E-state index in [4.69, 9.17) is 10.5 Å². The largest absolute Gasteiger partial charge is 0.490 e. The molecule has 0 spiro atoms. The van der Waals surface area contributed by atoms with Gasteiger partial charge in [-0.05, 0) is 61.3 Å². The second kappa shape index (κ2) is 5.75. The SMILES string of the molecule is Cc1cc(OC2CC(C)CC(C)C2)ccc1CN. The summed E-state index contributed by atoms with van der Waals surface area (Å²) in [4.78, 5) is 0. The van der Waals surface area contributed by atoms with Crippen LogP contribution in [0, 0.1) is 18.8 Å². The highest BCUT2D eigenvalue weighted by Crippen LogP contribution is 2.31. The molecule has 1 aromatic carbocycles.